The van der Waals surface area contributed by atoms with Gasteiger partial charge in [-0.1, -0.05) is 29.7 Å². The summed E-state index contributed by atoms with van der Waals surface area (Å²) in [4.78, 5) is 39.9. The van der Waals surface area contributed by atoms with Crippen molar-refractivity contribution in [3.63, 3.8) is 0 Å². The number of nitrogens with one attached hydrogen (secondary N) is 1. The lowest BCUT2D eigenvalue weighted by Crippen LogP contribution is -2.22. The molecule has 0 fully saturated rings. The van der Waals surface area contributed by atoms with Crippen LogP contribution >= 0.6 is 0 Å². The Hall–Kier alpha value is -2.70. The predicted molar refractivity (Wildman–Crippen MR) is 69.9 cm³/mol. The van der Waals surface area contributed by atoms with Crippen LogP contribution in [0, 0.1) is 0 Å². The fourth-order valence-electron chi connectivity index (χ4n) is 1.53. The number of aromatic carboxylic acids is 1. The molecule has 0 spiro atoms. The van der Waals surface area contributed by atoms with Gasteiger partial charge in [-0.25, -0.2) is 9.78 Å². The lowest BCUT2D eigenvalue weighted by Gasteiger charge is -2.01. The highest BCUT2D eigenvalue weighted by atomic mass is 16.4. The molecular weight excluding hydrogens is 247 g/mol. The van der Waals surface area contributed by atoms with Crippen LogP contribution in [0.4, 0.5) is 0 Å². The van der Waals surface area contributed by atoms with E-state index in [0.717, 1.165) is 11.7 Å². The van der Waals surface area contributed by atoms with Crippen molar-refractivity contribution in [1.82, 2.24) is 9.97 Å². The lowest BCUT2D eigenvalue weighted by molar-refractivity contribution is 0.0682. The molecule has 0 bridgehead atoms. The van der Waals surface area contributed by atoms with Gasteiger partial charge in [-0.15, -0.1) is 0 Å². The maximum atomic E-state index is 12.1. The van der Waals surface area contributed by atoms with Crippen LogP contribution in [0.25, 0.3) is 0 Å². The summed E-state index contributed by atoms with van der Waals surface area (Å²) in [5.74, 6) is -2.34. The van der Waals surface area contributed by atoms with E-state index in [0.29, 0.717) is 5.56 Å². The van der Waals surface area contributed by atoms with Crippen LogP contribution in [-0.4, -0.2) is 34.7 Å². The Morgan fingerprint density at radius 3 is 2.37 bits per heavy atom. The number of aromatic nitrogens is 2. The van der Waals surface area contributed by atoms with E-state index in [-0.39, 0.29) is 5.56 Å². The van der Waals surface area contributed by atoms with Crippen LogP contribution in [0.2, 0.25) is 0 Å². The minimum atomic E-state index is -1.36. The molecule has 0 saturated heterocycles. The van der Waals surface area contributed by atoms with Crippen molar-refractivity contribution < 1.29 is 14.7 Å². The SMILES string of the molecule is Bc1ccc(C(=O)c2cnc(C(=O)O)[nH]c2=O)cc1. The number of benzene rings is 1. The van der Waals surface area contributed by atoms with Crippen LogP contribution in [0.1, 0.15) is 26.5 Å². The zero-order valence-corrected chi connectivity index (χ0v) is 10.0. The first-order valence-electron chi connectivity index (χ1n) is 5.43. The second-order valence-electron chi connectivity index (χ2n) is 3.97. The quantitative estimate of drug-likeness (QED) is 0.539. The molecular formula is C12H9BN2O4. The molecule has 0 saturated carbocycles. The molecule has 19 heavy (non-hydrogen) atoms. The molecule has 2 N–H and O–H groups in total. The summed E-state index contributed by atoms with van der Waals surface area (Å²) in [5, 5.41) is 8.67. The van der Waals surface area contributed by atoms with Gasteiger partial charge in [0.15, 0.2) is 5.78 Å². The number of carboxylic acid groups (broad SMARTS) is 1. The summed E-state index contributed by atoms with van der Waals surface area (Å²) >= 11 is 0. The maximum Gasteiger partial charge on any atom is 0.372 e. The number of nitrogens with zero attached hydrogens (tertiary/aromatic N) is 1. The van der Waals surface area contributed by atoms with E-state index in [9.17, 15) is 14.4 Å². The monoisotopic (exact) mass is 256 g/mol. The number of carboxylic acids is 1. The molecule has 1 heterocycles. The van der Waals surface area contributed by atoms with Crippen molar-refractivity contribution in [3.05, 3.63) is 57.8 Å². The molecule has 6 nitrogen and oxygen atoms in total. The Morgan fingerprint density at radius 1 is 1.21 bits per heavy atom. The third-order valence-corrected chi connectivity index (χ3v) is 2.56. The first-order chi connectivity index (χ1) is 8.99. The molecule has 1 aromatic carbocycles. The van der Waals surface area contributed by atoms with Crippen LogP contribution in [0.3, 0.4) is 0 Å². The zero-order chi connectivity index (χ0) is 14.0. The van der Waals surface area contributed by atoms with Gasteiger partial charge >= 0.3 is 5.97 Å². The van der Waals surface area contributed by atoms with Crippen molar-refractivity contribution in [2.24, 2.45) is 0 Å². The highest BCUT2D eigenvalue weighted by molar-refractivity contribution is 6.32. The first kappa shape index (κ1) is 12.8. The molecule has 0 radical (unpaired) electrons. The second kappa shape index (κ2) is 4.89. The molecule has 0 aliphatic carbocycles. The van der Waals surface area contributed by atoms with E-state index >= 15 is 0 Å². The van der Waals surface area contributed by atoms with E-state index in [1.807, 2.05) is 7.85 Å². The fraction of sp³-hybridized carbons (Fsp3) is 0. The largest absolute Gasteiger partial charge is 0.475 e. The third kappa shape index (κ3) is 2.60. The summed E-state index contributed by atoms with van der Waals surface area (Å²) < 4.78 is 0. The number of hydrogen-bond donors (Lipinski definition) is 2. The molecule has 0 unspecified atom stereocenters. The highest BCUT2D eigenvalue weighted by Gasteiger charge is 2.15. The van der Waals surface area contributed by atoms with Crippen LogP contribution in [0.5, 0.6) is 0 Å². The molecule has 2 aromatic rings. The molecule has 0 atom stereocenters. The Balaban J connectivity index is 2.42. The number of H-pyrrole nitrogens is 1. The highest BCUT2D eigenvalue weighted by Crippen LogP contribution is 2.04. The van der Waals surface area contributed by atoms with Crippen LogP contribution in [-0.2, 0) is 0 Å². The minimum absolute atomic E-state index is 0.186. The van der Waals surface area contributed by atoms with Crippen LogP contribution in [0.15, 0.2) is 35.3 Å². The average molecular weight is 256 g/mol. The minimum Gasteiger partial charge on any atom is -0.475 e. The summed E-state index contributed by atoms with van der Waals surface area (Å²) in [6, 6.07) is 6.70. The van der Waals surface area contributed by atoms with Gasteiger partial charge in [0, 0.05) is 11.8 Å². The van der Waals surface area contributed by atoms with Gasteiger partial charge in [0.25, 0.3) is 5.56 Å². The van der Waals surface area contributed by atoms with Crippen LogP contribution < -0.4 is 11.0 Å². The smallest absolute Gasteiger partial charge is 0.372 e. The standard InChI is InChI=1S/C12H9BN2O4/c13-7-3-1-6(2-4-7)9(16)8-5-14-10(12(18)19)15-11(8)17/h1-5H,13H2,(H,18,19)(H,14,15,17). The second-order valence-corrected chi connectivity index (χ2v) is 3.97. The van der Waals surface area contributed by atoms with Gasteiger partial charge in [0.2, 0.25) is 5.82 Å². The molecule has 0 amide bonds. The molecule has 0 aliphatic rings. The van der Waals surface area contributed by atoms with Gasteiger partial charge in [-0.05, 0) is 0 Å². The van der Waals surface area contributed by atoms with Crippen molar-refractivity contribution >= 4 is 25.1 Å². The maximum absolute atomic E-state index is 12.1. The lowest BCUT2D eigenvalue weighted by atomic mass is 9.94. The Bertz CT molecular complexity index is 706. The Kier molecular flexibility index (Phi) is 3.28. The van der Waals surface area contributed by atoms with E-state index in [1.54, 1.807) is 24.3 Å². The van der Waals surface area contributed by atoms with Gasteiger partial charge in [0.05, 0.1) is 0 Å². The topological polar surface area (TPSA) is 100 Å². The number of aromatic amines is 1. The van der Waals surface area contributed by atoms with E-state index in [4.69, 9.17) is 5.11 Å². The molecule has 0 aliphatic heterocycles. The van der Waals surface area contributed by atoms with E-state index in [2.05, 4.69) is 9.97 Å². The van der Waals surface area contributed by atoms with Crippen molar-refractivity contribution in [2.75, 3.05) is 0 Å². The van der Waals surface area contributed by atoms with Gasteiger partial charge < -0.3 is 10.1 Å². The molecule has 1 aromatic heterocycles. The average Bonchev–Trinajstić information content (AvgIpc) is 2.38. The van der Waals surface area contributed by atoms with E-state index in [1.165, 1.54) is 0 Å². The van der Waals surface area contributed by atoms with Crippen molar-refractivity contribution in [1.29, 1.82) is 0 Å². The van der Waals surface area contributed by atoms with Crippen molar-refractivity contribution in [3.8, 4) is 0 Å². The fourth-order valence-corrected chi connectivity index (χ4v) is 1.53. The number of ketones is 1. The molecule has 2 rings (SSSR count). The number of hydrogen-bond acceptors (Lipinski definition) is 4. The first-order valence-corrected chi connectivity index (χ1v) is 5.43. The predicted octanol–water partition coefficient (Wildman–Crippen LogP) is -1.04. The number of carbonyl (C=O) groups excluding carboxylic acids is 1. The van der Waals surface area contributed by atoms with Crippen molar-refractivity contribution in [2.45, 2.75) is 0 Å². The summed E-state index contributed by atoms with van der Waals surface area (Å²) in [6.07, 6.45) is 0.977. The Morgan fingerprint density at radius 2 is 1.84 bits per heavy atom. The summed E-state index contributed by atoms with van der Waals surface area (Å²) in [5.41, 5.74) is 0.387. The third-order valence-electron chi connectivity index (χ3n) is 2.56. The molecule has 94 valence electrons. The van der Waals surface area contributed by atoms with E-state index < -0.39 is 23.1 Å². The summed E-state index contributed by atoms with van der Waals surface area (Å²) in [6.45, 7) is 0. The number of carbonyl (C=O) groups is 2. The zero-order valence-electron chi connectivity index (χ0n) is 10.0. The Labute approximate surface area is 108 Å². The normalized spacial score (nSPS) is 10.1. The van der Waals surface area contributed by atoms with Gasteiger partial charge in [0.1, 0.15) is 13.4 Å². The van der Waals surface area contributed by atoms with Gasteiger partial charge in [-0.2, -0.15) is 0 Å². The summed E-state index contributed by atoms with van der Waals surface area (Å²) in [7, 11) is 1.88. The molecule has 7 heteroatoms. The van der Waals surface area contributed by atoms with Gasteiger partial charge in [-0.3, -0.25) is 9.59 Å². The number of rotatable bonds is 3.